The number of piperidine rings is 1. The highest BCUT2D eigenvalue weighted by Gasteiger charge is 2.36. The lowest BCUT2D eigenvalue weighted by atomic mass is 9.92. The van der Waals surface area contributed by atoms with Gasteiger partial charge in [-0.05, 0) is 20.5 Å². The lowest BCUT2D eigenvalue weighted by Crippen LogP contribution is -2.54. The maximum Gasteiger partial charge on any atom is 0.228 e. The first-order chi connectivity index (χ1) is 7.23. The summed E-state index contributed by atoms with van der Waals surface area (Å²) in [6, 6.07) is -0.0518. The number of alkyl halides is 1. The lowest BCUT2D eigenvalue weighted by Gasteiger charge is -2.40. The largest absolute Gasteiger partial charge is 0.339 e. The van der Waals surface area contributed by atoms with Gasteiger partial charge in [-0.1, -0.05) is 20.8 Å². The quantitative estimate of drug-likeness (QED) is 0.682. The molecule has 1 saturated heterocycles. The third kappa shape index (κ3) is 2.94. The summed E-state index contributed by atoms with van der Waals surface area (Å²) in [6.45, 7) is 6.53. The normalized spacial score (nSPS) is 27.3. The average molecular weight is 230 g/mol. The van der Waals surface area contributed by atoms with Gasteiger partial charge in [-0.15, -0.1) is 0 Å². The average Bonchev–Trinajstić information content (AvgIpc) is 2.14. The van der Waals surface area contributed by atoms with E-state index in [-0.39, 0.29) is 18.5 Å². The number of nitrogens with zero attached hydrogens (tertiary/aromatic N) is 2. The molecule has 2 atom stereocenters. The Kier molecular flexibility index (Phi) is 3.94. The Morgan fingerprint density at radius 1 is 1.38 bits per heavy atom. The van der Waals surface area contributed by atoms with Crippen LogP contribution in [-0.4, -0.2) is 55.1 Å². The Bertz CT molecular complexity index is 260. The van der Waals surface area contributed by atoms with Crippen LogP contribution in [0.1, 0.15) is 27.2 Å². The molecule has 1 heterocycles. The maximum absolute atomic E-state index is 13.9. The smallest absolute Gasteiger partial charge is 0.228 e. The van der Waals surface area contributed by atoms with Gasteiger partial charge in [0.2, 0.25) is 5.91 Å². The molecule has 16 heavy (non-hydrogen) atoms. The molecule has 0 aromatic heterocycles. The second-order valence-electron chi connectivity index (χ2n) is 5.84. The van der Waals surface area contributed by atoms with Crippen LogP contribution in [0.2, 0.25) is 0 Å². The highest BCUT2D eigenvalue weighted by Crippen LogP contribution is 2.23. The Labute approximate surface area is 97.6 Å². The third-order valence-electron chi connectivity index (χ3n) is 3.10. The molecule has 94 valence electrons. The van der Waals surface area contributed by atoms with E-state index in [2.05, 4.69) is 0 Å². The number of carbonyl (C=O) groups excluding carboxylic acids is 1. The van der Waals surface area contributed by atoms with Gasteiger partial charge in [-0.3, -0.25) is 4.79 Å². The van der Waals surface area contributed by atoms with Crippen LogP contribution in [0.25, 0.3) is 0 Å². The van der Waals surface area contributed by atoms with Crippen molar-refractivity contribution >= 4 is 5.91 Å². The summed E-state index contributed by atoms with van der Waals surface area (Å²) in [5.41, 5.74) is -0.412. The van der Waals surface area contributed by atoms with Gasteiger partial charge in [0.1, 0.15) is 6.17 Å². The van der Waals surface area contributed by atoms with Gasteiger partial charge < -0.3 is 9.80 Å². The predicted octanol–water partition coefficient (Wildman–Crippen LogP) is 1.53. The molecule has 2 unspecified atom stereocenters. The molecule has 1 fully saturated rings. The van der Waals surface area contributed by atoms with Crippen LogP contribution < -0.4 is 0 Å². The molecule has 3 nitrogen and oxygen atoms in total. The molecule has 0 aromatic rings. The molecule has 0 radical (unpaired) electrons. The number of amides is 1. The van der Waals surface area contributed by atoms with E-state index in [4.69, 9.17) is 0 Å². The first-order valence-electron chi connectivity index (χ1n) is 5.83. The van der Waals surface area contributed by atoms with Crippen molar-refractivity contribution in [3.05, 3.63) is 0 Å². The van der Waals surface area contributed by atoms with Gasteiger partial charge >= 0.3 is 0 Å². The van der Waals surface area contributed by atoms with Crippen LogP contribution in [0.3, 0.4) is 0 Å². The van der Waals surface area contributed by atoms with Crippen molar-refractivity contribution < 1.29 is 9.18 Å². The number of rotatable bonds is 1. The Morgan fingerprint density at radius 3 is 2.31 bits per heavy atom. The zero-order chi connectivity index (χ0) is 12.5. The summed E-state index contributed by atoms with van der Waals surface area (Å²) in [4.78, 5) is 15.6. The second-order valence-corrected chi connectivity index (χ2v) is 5.84. The summed E-state index contributed by atoms with van der Waals surface area (Å²) < 4.78 is 13.9. The number of carbonyl (C=O) groups is 1. The standard InChI is InChI=1S/C12H23FN2O/c1-12(2,3)11(16)15-7-6-10(14(4)5)9(13)8-15/h9-10H,6-8H2,1-5H3. The molecule has 0 aromatic carbocycles. The molecule has 0 bridgehead atoms. The van der Waals surface area contributed by atoms with Crippen molar-refractivity contribution in [2.24, 2.45) is 5.41 Å². The topological polar surface area (TPSA) is 23.6 Å². The monoisotopic (exact) mass is 230 g/mol. The zero-order valence-corrected chi connectivity index (χ0v) is 11.0. The van der Waals surface area contributed by atoms with Crippen LogP contribution in [-0.2, 0) is 4.79 Å². The van der Waals surface area contributed by atoms with Gasteiger partial charge in [-0.25, -0.2) is 4.39 Å². The molecular formula is C12H23FN2O. The van der Waals surface area contributed by atoms with Crippen LogP contribution in [0.15, 0.2) is 0 Å². The van der Waals surface area contributed by atoms with E-state index in [0.717, 1.165) is 6.42 Å². The molecular weight excluding hydrogens is 207 g/mol. The van der Waals surface area contributed by atoms with E-state index >= 15 is 0 Å². The lowest BCUT2D eigenvalue weighted by molar-refractivity contribution is -0.142. The van der Waals surface area contributed by atoms with Crippen LogP contribution >= 0.6 is 0 Å². The highest BCUT2D eigenvalue weighted by molar-refractivity contribution is 5.81. The van der Waals surface area contributed by atoms with Crippen molar-refractivity contribution in [2.45, 2.75) is 39.4 Å². The number of hydrogen-bond acceptors (Lipinski definition) is 2. The first kappa shape index (κ1) is 13.4. The molecule has 1 rings (SSSR count). The SMILES string of the molecule is CN(C)C1CCN(C(=O)C(C)(C)C)CC1F. The van der Waals surface area contributed by atoms with Gasteiger partial charge in [0.15, 0.2) is 0 Å². The van der Waals surface area contributed by atoms with Crippen molar-refractivity contribution in [1.29, 1.82) is 0 Å². The number of hydrogen-bond donors (Lipinski definition) is 0. The fourth-order valence-electron chi connectivity index (χ4n) is 2.13. The third-order valence-corrected chi connectivity index (χ3v) is 3.10. The zero-order valence-electron chi connectivity index (χ0n) is 11.0. The highest BCUT2D eigenvalue weighted by atomic mass is 19.1. The van der Waals surface area contributed by atoms with E-state index in [1.165, 1.54) is 0 Å². The number of likely N-dealkylation sites (tertiary alicyclic amines) is 1. The minimum Gasteiger partial charge on any atom is -0.339 e. The first-order valence-corrected chi connectivity index (χ1v) is 5.83. The molecule has 4 heteroatoms. The fourth-order valence-corrected chi connectivity index (χ4v) is 2.13. The Morgan fingerprint density at radius 2 is 1.94 bits per heavy atom. The van der Waals surface area contributed by atoms with Crippen molar-refractivity contribution in [2.75, 3.05) is 27.2 Å². The van der Waals surface area contributed by atoms with Crippen LogP contribution in [0.5, 0.6) is 0 Å². The minimum absolute atomic E-state index is 0.0485. The molecule has 0 spiro atoms. The van der Waals surface area contributed by atoms with Crippen molar-refractivity contribution in [3.63, 3.8) is 0 Å². The van der Waals surface area contributed by atoms with E-state index < -0.39 is 11.6 Å². The van der Waals surface area contributed by atoms with Gasteiger partial charge in [0.05, 0.1) is 6.54 Å². The summed E-state index contributed by atoms with van der Waals surface area (Å²) in [5, 5.41) is 0. The van der Waals surface area contributed by atoms with E-state index in [9.17, 15) is 9.18 Å². The van der Waals surface area contributed by atoms with Crippen LogP contribution in [0.4, 0.5) is 4.39 Å². The van der Waals surface area contributed by atoms with E-state index in [0.29, 0.717) is 6.54 Å². The van der Waals surface area contributed by atoms with Gasteiger partial charge in [0.25, 0.3) is 0 Å². The summed E-state index contributed by atoms with van der Waals surface area (Å²) in [5.74, 6) is 0.0485. The summed E-state index contributed by atoms with van der Waals surface area (Å²) in [7, 11) is 3.77. The van der Waals surface area contributed by atoms with E-state index in [1.54, 1.807) is 4.90 Å². The van der Waals surface area contributed by atoms with Crippen molar-refractivity contribution in [1.82, 2.24) is 9.80 Å². The van der Waals surface area contributed by atoms with Crippen LogP contribution in [0, 0.1) is 5.41 Å². The molecule has 1 aliphatic heterocycles. The summed E-state index contributed by atoms with van der Waals surface area (Å²) in [6.07, 6.45) is -0.217. The molecule has 0 saturated carbocycles. The van der Waals surface area contributed by atoms with Gasteiger partial charge in [0, 0.05) is 18.0 Å². The molecule has 1 aliphatic rings. The maximum atomic E-state index is 13.9. The predicted molar refractivity (Wildman–Crippen MR) is 63.0 cm³/mol. The minimum atomic E-state index is -0.935. The van der Waals surface area contributed by atoms with Gasteiger partial charge in [-0.2, -0.15) is 0 Å². The summed E-state index contributed by atoms with van der Waals surface area (Å²) >= 11 is 0. The molecule has 1 amide bonds. The Hall–Kier alpha value is -0.640. The van der Waals surface area contributed by atoms with Crippen molar-refractivity contribution in [3.8, 4) is 0 Å². The van der Waals surface area contributed by atoms with E-state index in [1.807, 2.05) is 39.8 Å². The molecule has 0 N–H and O–H groups in total. The Balaban J connectivity index is 2.62. The number of halogens is 1. The fraction of sp³-hybridized carbons (Fsp3) is 0.917. The second kappa shape index (κ2) is 4.70. The molecule has 0 aliphatic carbocycles.